The highest BCUT2D eigenvalue weighted by molar-refractivity contribution is 7.93. The lowest BCUT2D eigenvalue weighted by atomic mass is 10.1. The summed E-state index contributed by atoms with van der Waals surface area (Å²) in [5, 5.41) is 11.9. The Morgan fingerprint density at radius 2 is 1.96 bits per heavy atom. The molecule has 1 aromatic heterocycles. The van der Waals surface area contributed by atoms with Gasteiger partial charge in [0.25, 0.3) is 11.8 Å². The minimum atomic E-state index is -4.16. The fourth-order valence-electron chi connectivity index (χ4n) is 2.22. The second-order valence-electron chi connectivity index (χ2n) is 6.37. The van der Waals surface area contributed by atoms with Crippen LogP contribution in [0.15, 0.2) is 33.4 Å². The molecule has 1 aromatic carbocycles. The molecule has 0 saturated heterocycles. The molecule has 8 nitrogen and oxygen atoms in total. The van der Waals surface area contributed by atoms with Crippen molar-refractivity contribution in [2.24, 2.45) is 5.73 Å². The summed E-state index contributed by atoms with van der Waals surface area (Å²) in [7, 11) is -2.83. The quantitative estimate of drug-likeness (QED) is 0.572. The predicted octanol–water partition coefficient (Wildman–Crippen LogP) is 1.67. The number of nitrogens with one attached hydrogen (secondary N) is 1. The predicted molar refractivity (Wildman–Crippen MR) is 100 cm³/mol. The zero-order valence-corrected chi connectivity index (χ0v) is 16.9. The van der Waals surface area contributed by atoms with Crippen LogP contribution in [0.25, 0.3) is 0 Å². The number of methoxy groups -OCH3 is 1. The van der Waals surface area contributed by atoms with Crippen LogP contribution < -0.4 is 11.1 Å². The Kier molecular flexibility index (Phi) is 6.24. The number of hydrogen-bond acceptors (Lipinski definition) is 7. The van der Waals surface area contributed by atoms with Crippen molar-refractivity contribution in [2.75, 3.05) is 12.4 Å². The number of hydrogen-bond donors (Lipinski definition) is 3. The summed E-state index contributed by atoms with van der Waals surface area (Å²) in [5.74, 6) is -2.43. The number of carbonyl (C=O) groups excluding carboxylic acids is 2. The summed E-state index contributed by atoms with van der Waals surface area (Å²) < 4.78 is 44.2. The second kappa shape index (κ2) is 7.95. The molecule has 0 radical (unpaired) electrons. The minimum absolute atomic E-state index is 0.0959. The van der Waals surface area contributed by atoms with Gasteiger partial charge in [-0.1, -0.05) is 0 Å². The van der Waals surface area contributed by atoms with E-state index in [1.165, 1.54) is 21.0 Å². The maximum Gasteiger partial charge on any atom is 0.256 e. The van der Waals surface area contributed by atoms with Gasteiger partial charge in [-0.25, -0.2) is 12.8 Å². The summed E-state index contributed by atoms with van der Waals surface area (Å²) in [6.45, 7) is 2.31. The van der Waals surface area contributed by atoms with Gasteiger partial charge in [0.2, 0.25) is 9.84 Å². The molecule has 28 heavy (non-hydrogen) atoms. The summed E-state index contributed by atoms with van der Waals surface area (Å²) in [5.41, 5.74) is 3.39. The van der Waals surface area contributed by atoms with Gasteiger partial charge in [0.1, 0.15) is 20.6 Å². The van der Waals surface area contributed by atoms with Crippen LogP contribution in [0.2, 0.25) is 0 Å². The highest BCUT2D eigenvalue weighted by Crippen LogP contribution is 2.36. The van der Waals surface area contributed by atoms with Gasteiger partial charge in [0.05, 0.1) is 17.1 Å². The molecule has 0 unspecified atom stereocenters. The fourth-order valence-corrected chi connectivity index (χ4v) is 5.17. The lowest BCUT2D eigenvalue weighted by molar-refractivity contribution is -0.130. The number of sulfone groups is 1. The first-order valence-corrected chi connectivity index (χ1v) is 10.2. The monoisotopic (exact) mass is 430 g/mol. The Morgan fingerprint density at radius 3 is 2.50 bits per heavy atom. The standard InChI is InChI=1S/C17H19FN2O6S2/c1-17(2,23)16(22)20-15-11(14(19)21)7-13(27-15)28(24,25)12-5-4-10(18)6-9(12)8-26-3/h4-7,23H,8H2,1-3H3,(H2,19,21)(H,20,22). The average molecular weight is 430 g/mol. The third-order valence-corrected chi connectivity index (χ3v) is 7.01. The molecular formula is C17H19FN2O6S2. The molecule has 0 aliphatic rings. The Hall–Kier alpha value is -2.34. The second-order valence-corrected chi connectivity index (χ2v) is 9.57. The molecule has 4 N–H and O–H groups in total. The number of aliphatic hydroxyl groups is 1. The van der Waals surface area contributed by atoms with Gasteiger partial charge in [-0.05, 0) is 43.7 Å². The number of primary amides is 1. The summed E-state index contributed by atoms with van der Waals surface area (Å²) in [6.07, 6.45) is 0. The van der Waals surface area contributed by atoms with Crippen molar-refractivity contribution in [1.29, 1.82) is 0 Å². The fraction of sp³-hybridized carbons (Fsp3) is 0.294. The van der Waals surface area contributed by atoms with Crippen molar-refractivity contribution >= 4 is 38.0 Å². The first kappa shape index (κ1) is 22.0. The largest absolute Gasteiger partial charge is 0.381 e. The SMILES string of the molecule is COCc1cc(F)ccc1S(=O)(=O)c1cc(C(N)=O)c(NC(=O)C(C)(C)O)s1. The molecule has 152 valence electrons. The van der Waals surface area contributed by atoms with E-state index in [1.807, 2.05) is 0 Å². The van der Waals surface area contributed by atoms with E-state index in [2.05, 4.69) is 5.32 Å². The average Bonchev–Trinajstić information content (AvgIpc) is 2.99. The number of amides is 2. The van der Waals surface area contributed by atoms with Gasteiger partial charge in [0, 0.05) is 7.11 Å². The highest BCUT2D eigenvalue weighted by Gasteiger charge is 2.30. The van der Waals surface area contributed by atoms with Crippen molar-refractivity contribution in [2.45, 2.75) is 35.2 Å². The van der Waals surface area contributed by atoms with E-state index in [0.29, 0.717) is 11.3 Å². The molecule has 0 saturated carbocycles. The normalized spacial score (nSPS) is 12.0. The Labute approximate surface area is 165 Å². The summed E-state index contributed by atoms with van der Waals surface area (Å²) in [4.78, 5) is 23.5. The van der Waals surface area contributed by atoms with E-state index in [-0.39, 0.29) is 31.8 Å². The number of nitrogens with two attached hydrogens (primary N) is 1. The molecule has 0 aliphatic carbocycles. The molecule has 11 heteroatoms. The molecule has 1 heterocycles. The van der Waals surface area contributed by atoms with Crippen molar-refractivity contribution in [1.82, 2.24) is 0 Å². The van der Waals surface area contributed by atoms with Gasteiger partial charge in [-0.2, -0.15) is 0 Å². The van der Waals surface area contributed by atoms with E-state index in [1.54, 1.807) is 0 Å². The van der Waals surface area contributed by atoms with E-state index < -0.39 is 33.1 Å². The van der Waals surface area contributed by atoms with Gasteiger partial charge in [0.15, 0.2) is 0 Å². The lowest BCUT2D eigenvalue weighted by Gasteiger charge is -2.16. The zero-order chi connectivity index (χ0) is 21.3. The molecule has 0 bridgehead atoms. The van der Waals surface area contributed by atoms with Crippen LogP contribution in [-0.4, -0.2) is 38.0 Å². The Morgan fingerprint density at radius 1 is 1.32 bits per heavy atom. The molecule has 2 amide bonds. The molecule has 0 atom stereocenters. The first-order valence-electron chi connectivity index (χ1n) is 7.88. The lowest BCUT2D eigenvalue weighted by Crippen LogP contribution is -2.36. The number of halogens is 1. The molecule has 0 fully saturated rings. The van der Waals surface area contributed by atoms with E-state index >= 15 is 0 Å². The first-order chi connectivity index (χ1) is 12.9. The van der Waals surface area contributed by atoms with Crippen LogP contribution in [0.1, 0.15) is 29.8 Å². The van der Waals surface area contributed by atoms with Crippen LogP contribution in [0.3, 0.4) is 0 Å². The molecule has 0 aliphatic heterocycles. The number of ether oxygens (including phenoxy) is 1. The highest BCUT2D eigenvalue weighted by atomic mass is 32.2. The topological polar surface area (TPSA) is 136 Å². The third-order valence-electron chi connectivity index (χ3n) is 3.63. The third kappa shape index (κ3) is 4.55. The maximum absolute atomic E-state index is 13.5. The molecular weight excluding hydrogens is 411 g/mol. The number of carbonyl (C=O) groups is 2. The molecule has 0 spiro atoms. The maximum atomic E-state index is 13.5. The van der Waals surface area contributed by atoms with E-state index in [4.69, 9.17) is 10.5 Å². The van der Waals surface area contributed by atoms with Gasteiger partial charge in [-0.15, -0.1) is 11.3 Å². The van der Waals surface area contributed by atoms with Crippen LogP contribution >= 0.6 is 11.3 Å². The van der Waals surface area contributed by atoms with Crippen molar-refractivity contribution in [3.05, 3.63) is 41.2 Å². The molecule has 2 aromatic rings. The summed E-state index contributed by atoms with van der Waals surface area (Å²) >= 11 is 0.599. The number of thiophene rings is 1. The Bertz CT molecular complexity index is 1020. The van der Waals surface area contributed by atoms with E-state index in [0.717, 1.165) is 24.3 Å². The summed E-state index contributed by atoms with van der Waals surface area (Å²) in [6, 6.07) is 4.15. The van der Waals surface area contributed by atoms with Crippen LogP contribution in [0.5, 0.6) is 0 Å². The zero-order valence-electron chi connectivity index (χ0n) is 15.3. The smallest absolute Gasteiger partial charge is 0.256 e. The van der Waals surface area contributed by atoms with Gasteiger partial charge >= 0.3 is 0 Å². The van der Waals surface area contributed by atoms with Crippen molar-refractivity contribution in [3.8, 4) is 0 Å². The Balaban J connectivity index is 2.57. The van der Waals surface area contributed by atoms with Crippen LogP contribution in [0.4, 0.5) is 9.39 Å². The van der Waals surface area contributed by atoms with Gasteiger partial charge in [-0.3, -0.25) is 9.59 Å². The minimum Gasteiger partial charge on any atom is -0.381 e. The molecule has 2 rings (SSSR count). The number of rotatable bonds is 7. The number of anilines is 1. The van der Waals surface area contributed by atoms with Crippen LogP contribution in [0, 0.1) is 5.82 Å². The van der Waals surface area contributed by atoms with E-state index in [9.17, 15) is 27.5 Å². The number of benzene rings is 1. The van der Waals surface area contributed by atoms with Crippen molar-refractivity contribution in [3.63, 3.8) is 0 Å². The van der Waals surface area contributed by atoms with Crippen LogP contribution in [-0.2, 0) is 26.0 Å². The van der Waals surface area contributed by atoms with Gasteiger partial charge < -0.3 is 20.9 Å². The van der Waals surface area contributed by atoms with Crippen molar-refractivity contribution < 1.29 is 32.2 Å².